The first kappa shape index (κ1) is 13.2. The largest absolute Gasteiger partial charge is 0.360 e. The first-order valence-corrected chi connectivity index (χ1v) is 6.73. The topological polar surface area (TPSA) is 55.4 Å². The maximum atomic E-state index is 11.6. The van der Waals surface area contributed by atoms with Crippen LogP contribution in [0.5, 0.6) is 0 Å². The minimum Gasteiger partial charge on any atom is -0.360 e. The highest BCUT2D eigenvalue weighted by Gasteiger charge is 2.43. The lowest BCUT2D eigenvalue weighted by Gasteiger charge is -2.20. The average Bonchev–Trinajstić information content (AvgIpc) is 2.53. The van der Waals surface area contributed by atoms with E-state index in [1.165, 1.54) is 0 Å². The minimum absolute atomic E-state index is 0. The van der Waals surface area contributed by atoms with Crippen molar-refractivity contribution in [1.29, 1.82) is 0 Å². The Labute approximate surface area is 97.1 Å². The van der Waals surface area contributed by atoms with Gasteiger partial charge >= 0.3 is 0 Å². The molecule has 90 valence electrons. The van der Waals surface area contributed by atoms with E-state index < -0.39 is 9.84 Å². The van der Waals surface area contributed by atoms with Crippen LogP contribution in [-0.2, 0) is 14.6 Å². The van der Waals surface area contributed by atoms with Crippen LogP contribution in [0.15, 0.2) is 0 Å². The summed E-state index contributed by atoms with van der Waals surface area (Å²) in [5.41, 5.74) is -0.0945. The normalized spacial score (nSPS) is 37.5. The molecule has 0 aliphatic carbocycles. The van der Waals surface area contributed by atoms with Gasteiger partial charge in [-0.15, -0.1) is 12.4 Å². The van der Waals surface area contributed by atoms with Gasteiger partial charge in [0, 0.05) is 5.54 Å². The van der Waals surface area contributed by atoms with Gasteiger partial charge in [-0.2, -0.15) is 0 Å². The summed E-state index contributed by atoms with van der Waals surface area (Å²) in [4.78, 5) is 0. The Morgan fingerprint density at radius 2 is 2.07 bits per heavy atom. The summed E-state index contributed by atoms with van der Waals surface area (Å²) in [5, 5.41) is 2.90. The molecule has 2 saturated heterocycles. The molecular formula is C9H18ClNO3S. The number of hydrogen-bond donors (Lipinski definition) is 1. The van der Waals surface area contributed by atoms with Crippen LogP contribution in [0.3, 0.4) is 0 Å². The molecule has 15 heavy (non-hydrogen) atoms. The number of rotatable bonds is 1. The summed E-state index contributed by atoms with van der Waals surface area (Å²) >= 11 is 0. The van der Waals surface area contributed by atoms with Gasteiger partial charge in [-0.25, -0.2) is 8.42 Å². The summed E-state index contributed by atoms with van der Waals surface area (Å²) in [6.07, 6.45) is 1.21. The van der Waals surface area contributed by atoms with Gasteiger partial charge in [-0.05, 0) is 26.7 Å². The van der Waals surface area contributed by atoms with Crippen LogP contribution in [0.25, 0.3) is 0 Å². The predicted molar refractivity (Wildman–Crippen MR) is 61.0 cm³/mol. The third kappa shape index (κ3) is 2.64. The van der Waals surface area contributed by atoms with E-state index in [2.05, 4.69) is 5.32 Å². The minimum atomic E-state index is -2.91. The second kappa shape index (κ2) is 4.20. The SMILES string of the molecule is CC1(C)COC(C2CCCS2(=O)=O)N1.Cl. The van der Waals surface area contributed by atoms with Crippen LogP contribution >= 0.6 is 12.4 Å². The lowest BCUT2D eigenvalue weighted by Crippen LogP contribution is -2.45. The Morgan fingerprint density at radius 1 is 1.40 bits per heavy atom. The smallest absolute Gasteiger partial charge is 0.157 e. The maximum Gasteiger partial charge on any atom is 0.157 e. The third-order valence-electron chi connectivity index (χ3n) is 2.87. The molecule has 1 N–H and O–H groups in total. The first-order chi connectivity index (χ1) is 6.41. The molecule has 2 rings (SSSR count). The number of sulfone groups is 1. The molecule has 2 aliphatic rings. The molecule has 0 aromatic heterocycles. The fourth-order valence-corrected chi connectivity index (χ4v) is 4.04. The summed E-state index contributed by atoms with van der Waals surface area (Å²) in [6, 6.07) is 0. The number of ether oxygens (including phenoxy) is 1. The molecule has 0 aromatic rings. The van der Waals surface area contributed by atoms with E-state index in [-0.39, 0.29) is 29.4 Å². The Bertz CT molecular complexity index is 328. The van der Waals surface area contributed by atoms with Crippen molar-refractivity contribution in [2.75, 3.05) is 12.4 Å². The molecule has 0 aromatic carbocycles. The van der Waals surface area contributed by atoms with Crippen molar-refractivity contribution in [3.63, 3.8) is 0 Å². The maximum absolute atomic E-state index is 11.6. The van der Waals surface area contributed by atoms with Crippen molar-refractivity contribution < 1.29 is 13.2 Å². The Kier molecular flexibility index (Phi) is 3.70. The molecule has 0 saturated carbocycles. The summed E-state index contributed by atoms with van der Waals surface area (Å²) in [6.45, 7) is 4.63. The second-order valence-electron chi connectivity index (χ2n) is 4.81. The van der Waals surface area contributed by atoms with Crippen LogP contribution in [0, 0.1) is 0 Å². The summed E-state index contributed by atoms with van der Waals surface area (Å²) in [7, 11) is -2.91. The molecule has 0 amide bonds. The monoisotopic (exact) mass is 255 g/mol. The lowest BCUT2D eigenvalue weighted by molar-refractivity contribution is 0.0941. The highest BCUT2D eigenvalue weighted by atomic mass is 35.5. The van der Waals surface area contributed by atoms with Gasteiger partial charge in [0.1, 0.15) is 11.5 Å². The third-order valence-corrected chi connectivity index (χ3v) is 5.14. The zero-order valence-corrected chi connectivity index (χ0v) is 10.7. The van der Waals surface area contributed by atoms with Crippen LogP contribution in [0.4, 0.5) is 0 Å². The fraction of sp³-hybridized carbons (Fsp3) is 1.00. The molecular weight excluding hydrogens is 238 g/mol. The quantitative estimate of drug-likeness (QED) is 0.750. The van der Waals surface area contributed by atoms with Crippen molar-refractivity contribution in [3.05, 3.63) is 0 Å². The van der Waals surface area contributed by atoms with Gasteiger partial charge in [0.2, 0.25) is 0 Å². The van der Waals surface area contributed by atoms with E-state index >= 15 is 0 Å². The summed E-state index contributed by atoms with van der Waals surface area (Å²) in [5.74, 6) is 0.319. The zero-order chi connectivity index (χ0) is 10.4. The lowest BCUT2D eigenvalue weighted by atomic mass is 10.1. The predicted octanol–water partition coefficient (Wildman–Crippen LogP) is 0.710. The van der Waals surface area contributed by atoms with Crippen LogP contribution < -0.4 is 5.32 Å². The molecule has 2 fully saturated rings. The zero-order valence-electron chi connectivity index (χ0n) is 9.02. The van der Waals surface area contributed by atoms with E-state index in [1.807, 2.05) is 13.8 Å². The van der Waals surface area contributed by atoms with Gasteiger partial charge in [0.15, 0.2) is 9.84 Å². The van der Waals surface area contributed by atoms with E-state index in [9.17, 15) is 8.42 Å². The Balaban J connectivity index is 0.00000112. The van der Waals surface area contributed by atoms with Crippen molar-refractivity contribution in [3.8, 4) is 0 Å². The van der Waals surface area contributed by atoms with Crippen molar-refractivity contribution in [2.24, 2.45) is 0 Å². The molecule has 2 unspecified atom stereocenters. The van der Waals surface area contributed by atoms with E-state index in [4.69, 9.17) is 4.74 Å². The molecule has 0 spiro atoms. The molecule has 2 heterocycles. The first-order valence-electron chi connectivity index (χ1n) is 5.02. The van der Waals surface area contributed by atoms with Crippen molar-refractivity contribution in [2.45, 2.75) is 43.7 Å². The van der Waals surface area contributed by atoms with Crippen LogP contribution in [-0.4, -0.2) is 37.8 Å². The second-order valence-corrected chi connectivity index (χ2v) is 7.15. The van der Waals surface area contributed by atoms with Crippen molar-refractivity contribution in [1.82, 2.24) is 5.32 Å². The highest BCUT2D eigenvalue weighted by Crippen LogP contribution is 2.28. The van der Waals surface area contributed by atoms with Gasteiger partial charge in [-0.1, -0.05) is 0 Å². The molecule has 6 heteroatoms. The van der Waals surface area contributed by atoms with Gasteiger partial charge in [0.25, 0.3) is 0 Å². The van der Waals surface area contributed by atoms with E-state index in [0.29, 0.717) is 12.4 Å². The van der Waals surface area contributed by atoms with Gasteiger partial charge in [-0.3, -0.25) is 5.32 Å². The number of nitrogens with one attached hydrogen (secondary N) is 1. The standard InChI is InChI=1S/C9H17NO3S.ClH/c1-9(2)6-13-8(10-9)7-4-3-5-14(7,11)12;/h7-8,10H,3-6H2,1-2H3;1H. The molecule has 2 aliphatic heterocycles. The summed E-state index contributed by atoms with van der Waals surface area (Å²) < 4.78 is 28.8. The Morgan fingerprint density at radius 3 is 2.47 bits per heavy atom. The van der Waals surface area contributed by atoms with Crippen molar-refractivity contribution >= 4 is 22.2 Å². The van der Waals surface area contributed by atoms with Gasteiger partial charge in [0.05, 0.1) is 12.4 Å². The fourth-order valence-electron chi connectivity index (χ4n) is 2.12. The van der Waals surface area contributed by atoms with Crippen LogP contribution in [0.2, 0.25) is 0 Å². The van der Waals surface area contributed by atoms with Gasteiger partial charge < -0.3 is 4.74 Å². The Hall–Kier alpha value is 0.160. The molecule has 0 radical (unpaired) electrons. The molecule has 2 atom stereocenters. The van der Waals surface area contributed by atoms with E-state index in [1.54, 1.807) is 0 Å². The van der Waals surface area contributed by atoms with E-state index in [0.717, 1.165) is 12.8 Å². The average molecular weight is 256 g/mol. The highest BCUT2D eigenvalue weighted by molar-refractivity contribution is 7.92. The molecule has 0 bridgehead atoms. The number of halogens is 1. The van der Waals surface area contributed by atoms with Crippen LogP contribution in [0.1, 0.15) is 26.7 Å². The number of hydrogen-bond acceptors (Lipinski definition) is 4. The molecule has 4 nitrogen and oxygen atoms in total.